The van der Waals surface area contributed by atoms with E-state index >= 15 is 0 Å². The van der Waals surface area contributed by atoms with Gasteiger partial charge >= 0.3 is 0 Å². The molecule has 13 heteroatoms. The van der Waals surface area contributed by atoms with Gasteiger partial charge in [-0.2, -0.15) is 0 Å². The summed E-state index contributed by atoms with van der Waals surface area (Å²) < 4.78 is 0. The molecule has 1 saturated heterocycles. The molecule has 0 atom stereocenters. The molecule has 0 aliphatic carbocycles. The second-order valence-electron chi connectivity index (χ2n) is 35.5. The van der Waals surface area contributed by atoms with Crippen molar-refractivity contribution in [3.8, 4) is 0 Å². The maximum Gasteiger partial charge on any atom is 0.0108 e. The normalized spacial score (nSPS) is 11.8. The lowest BCUT2D eigenvalue weighted by molar-refractivity contribution is 0.247. The SMILES string of the molecule is CCCCCCCC/C=C/CCCCCCCCN.CCCCCCCCCCCCCCCCN.CCCCCCCCCCCCCCN.CCCCCCCCCCCCN.CCCCCCCCCCN.CCCCN(CCCC)CCCC.CCN(CC)CCCCCN.CN(C)CCCCCCCN.NCCN1CCNCC1. The fourth-order valence-corrected chi connectivity index (χ4v) is 14.5. The number of nitrogens with two attached hydrogens (primary N) is 8. The molecule has 0 unspecified atom stereocenters. The number of nitrogens with zero attached hydrogens (tertiary/aromatic N) is 4. The van der Waals surface area contributed by atoms with Crippen LogP contribution in [0.25, 0.3) is 0 Å². The Balaban J connectivity index is -0.000000196. The van der Waals surface area contributed by atoms with Crippen molar-refractivity contribution in [3.63, 3.8) is 0 Å². The number of piperazine rings is 1. The van der Waals surface area contributed by atoms with Crippen molar-refractivity contribution in [1.29, 1.82) is 0 Å². The van der Waals surface area contributed by atoms with E-state index in [-0.39, 0.29) is 0 Å². The van der Waals surface area contributed by atoms with Crippen molar-refractivity contribution >= 4 is 0 Å². The minimum atomic E-state index is 0.792. The summed E-state index contributed by atoms with van der Waals surface area (Å²) in [4.78, 5) is 9.71. The van der Waals surface area contributed by atoms with Crippen LogP contribution in [0.15, 0.2) is 12.2 Å². The maximum atomic E-state index is 5.47. The summed E-state index contributed by atoms with van der Waals surface area (Å²) in [5, 5.41) is 3.29. The molecule has 1 fully saturated rings. The smallest absolute Gasteiger partial charge is 0.0108 e. The summed E-state index contributed by atoms with van der Waals surface area (Å²) >= 11 is 0. The topological polar surface area (TPSA) is 233 Å². The van der Waals surface area contributed by atoms with Gasteiger partial charge < -0.3 is 65.9 Å². The third-order valence-electron chi connectivity index (χ3n) is 23.0. The van der Waals surface area contributed by atoms with Gasteiger partial charge in [-0.05, 0) is 208 Å². The molecule has 119 heavy (non-hydrogen) atoms. The van der Waals surface area contributed by atoms with Gasteiger partial charge in [0.15, 0.2) is 0 Å². The summed E-state index contributed by atoms with van der Waals surface area (Å²) in [7, 11) is 4.25. The zero-order valence-electron chi connectivity index (χ0n) is 85.1. The van der Waals surface area contributed by atoms with E-state index in [9.17, 15) is 0 Å². The highest BCUT2D eigenvalue weighted by Gasteiger charge is 2.07. The van der Waals surface area contributed by atoms with Gasteiger partial charge in [0.05, 0.1) is 0 Å². The lowest BCUT2D eigenvalue weighted by Crippen LogP contribution is -2.45. The van der Waals surface area contributed by atoms with Crippen LogP contribution in [0, 0.1) is 0 Å². The molecule has 0 aromatic carbocycles. The minimum absolute atomic E-state index is 0.792. The zero-order valence-corrected chi connectivity index (χ0v) is 85.1. The Kier molecular flexibility index (Phi) is 158. The summed E-state index contributed by atoms with van der Waals surface area (Å²) in [6.45, 7) is 43.9. The van der Waals surface area contributed by atoms with Crippen molar-refractivity contribution in [2.45, 2.75) is 532 Å². The van der Waals surface area contributed by atoms with Gasteiger partial charge in [-0.25, -0.2) is 0 Å². The van der Waals surface area contributed by atoms with Gasteiger partial charge in [0.25, 0.3) is 0 Å². The molecule has 0 aromatic heterocycles. The van der Waals surface area contributed by atoms with E-state index in [2.05, 4.69) is 120 Å². The Morgan fingerprint density at radius 2 is 0.395 bits per heavy atom. The van der Waals surface area contributed by atoms with Crippen LogP contribution in [0.2, 0.25) is 0 Å². The average molecular weight is 1700 g/mol. The molecule has 0 amide bonds. The van der Waals surface area contributed by atoms with E-state index in [0.29, 0.717) is 0 Å². The first-order valence-corrected chi connectivity index (χ1v) is 54.3. The second-order valence-corrected chi connectivity index (χ2v) is 35.5. The van der Waals surface area contributed by atoms with Gasteiger partial charge in [-0.3, -0.25) is 4.90 Å². The number of unbranched alkanes of at least 4 members (excludes halogenated alkanes) is 61. The summed E-state index contributed by atoms with van der Waals surface area (Å²) in [5.74, 6) is 0. The maximum absolute atomic E-state index is 5.47. The number of hydrogen-bond acceptors (Lipinski definition) is 13. The van der Waals surface area contributed by atoms with Crippen LogP contribution >= 0.6 is 0 Å². The van der Waals surface area contributed by atoms with Crippen LogP contribution in [0.1, 0.15) is 532 Å². The van der Waals surface area contributed by atoms with E-state index in [1.165, 1.54) is 508 Å². The summed E-state index contributed by atoms with van der Waals surface area (Å²) in [6, 6.07) is 0. The molecule has 1 aliphatic rings. The highest BCUT2D eigenvalue weighted by atomic mass is 15.2. The van der Waals surface area contributed by atoms with Crippen molar-refractivity contribution < 1.29 is 0 Å². The minimum Gasteiger partial charge on any atom is -0.330 e. The standard InChI is InChI=1S/C18H37N.C16H35N.C14H31N.2C12H27N.C10H23N.2C9H22N2.C6H15N3/c1-2-3-4-5-6-7-8-9-10-11-12-13-14-15-16-17-18-19;1-2-3-4-5-6-7-8-9-10-11-12-13-14-15-16-17;1-2-3-4-5-6-7-8-9-10-11-12-13-14-15;1-4-7-10-13(11-8-5-2)12-9-6-3;1-2-3-4-5-6-7-8-9-10-11-12-13;1-2-3-4-5-6-7-8-9-10-11;1-11(2)9-7-5-3-4-6-8-10;1-3-11(4-2)9-7-5-6-8-10;7-1-4-9-5-2-8-3-6-9/h9-10H,2-8,11-19H2,1H3;2-17H2,1H3;2-15H2,1H3;4-12H2,1-3H3;2-13H2,1H3;2-11H2,1H3;2*3-10H2,1-2H3;8H,1-7H2/b10-9+;;;;;;;;. The Bertz CT molecular complexity index is 1470. The highest BCUT2D eigenvalue weighted by Crippen LogP contribution is 2.17. The lowest BCUT2D eigenvalue weighted by Gasteiger charge is -2.26. The molecular weight excluding hydrogens is 1460 g/mol. The Morgan fingerprint density at radius 3 is 0.597 bits per heavy atom. The molecule has 0 bridgehead atoms. The number of allylic oxidation sites excluding steroid dienone is 2. The van der Waals surface area contributed by atoms with Crippen molar-refractivity contribution in [2.75, 3.05) is 145 Å². The van der Waals surface area contributed by atoms with Crippen LogP contribution < -0.4 is 51.2 Å². The molecule has 13 nitrogen and oxygen atoms in total. The molecule has 0 aromatic rings. The van der Waals surface area contributed by atoms with Gasteiger partial charge in [-0.15, -0.1) is 0 Å². The van der Waals surface area contributed by atoms with Crippen LogP contribution in [0.4, 0.5) is 0 Å². The number of nitrogens with one attached hydrogen (secondary N) is 1. The molecular formula is C106H239N13. The molecule has 0 spiro atoms. The van der Waals surface area contributed by atoms with E-state index in [4.69, 9.17) is 45.9 Å². The van der Waals surface area contributed by atoms with Crippen LogP contribution in [-0.2, 0) is 0 Å². The predicted molar refractivity (Wildman–Crippen MR) is 551 cm³/mol. The fraction of sp³-hybridized carbons (Fsp3) is 0.981. The highest BCUT2D eigenvalue weighted by molar-refractivity contribution is 4.81. The van der Waals surface area contributed by atoms with E-state index in [0.717, 1.165) is 85.1 Å². The van der Waals surface area contributed by atoms with Gasteiger partial charge in [-0.1, -0.05) is 441 Å². The zero-order chi connectivity index (χ0) is 89.5. The largest absolute Gasteiger partial charge is 0.330 e. The van der Waals surface area contributed by atoms with Crippen LogP contribution in [0.3, 0.4) is 0 Å². The van der Waals surface area contributed by atoms with Crippen LogP contribution in [0.5, 0.6) is 0 Å². The molecule has 1 rings (SSSR count). The Labute approximate surface area is 755 Å². The number of hydrogen-bond donors (Lipinski definition) is 9. The van der Waals surface area contributed by atoms with Crippen molar-refractivity contribution in [3.05, 3.63) is 12.2 Å². The molecule has 0 saturated carbocycles. The van der Waals surface area contributed by atoms with E-state index in [1.807, 2.05) is 0 Å². The quantitative estimate of drug-likeness (QED) is 0.0204. The van der Waals surface area contributed by atoms with Gasteiger partial charge in [0.1, 0.15) is 0 Å². The third kappa shape index (κ3) is 155. The first-order valence-electron chi connectivity index (χ1n) is 54.3. The molecule has 728 valence electrons. The van der Waals surface area contributed by atoms with E-state index < -0.39 is 0 Å². The molecule has 1 aliphatic heterocycles. The summed E-state index contributed by atoms with van der Waals surface area (Å²) in [6.07, 6.45) is 104. The average Bonchev–Trinajstić information content (AvgIpc) is 0.976. The Morgan fingerprint density at radius 1 is 0.210 bits per heavy atom. The predicted octanol–water partition coefficient (Wildman–Crippen LogP) is 28.5. The monoisotopic (exact) mass is 1690 g/mol. The lowest BCUT2D eigenvalue weighted by atomic mass is 10.0. The molecule has 0 radical (unpaired) electrons. The molecule has 17 N–H and O–H groups in total. The number of rotatable bonds is 84. The van der Waals surface area contributed by atoms with Gasteiger partial charge in [0.2, 0.25) is 0 Å². The first kappa shape index (κ1) is 134. The van der Waals surface area contributed by atoms with Gasteiger partial charge in [0, 0.05) is 39.3 Å². The Hall–Kier alpha value is -0.780. The molecule has 1 heterocycles. The summed E-state index contributed by atoms with van der Waals surface area (Å²) in [5.41, 5.74) is 43.4. The van der Waals surface area contributed by atoms with Crippen molar-refractivity contribution in [2.24, 2.45) is 45.9 Å². The second kappa shape index (κ2) is 140. The first-order chi connectivity index (χ1) is 58.5. The van der Waals surface area contributed by atoms with Crippen molar-refractivity contribution in [1.82, 2.24) is 24.9 Å². The third-order valence-corrected chi connectivity index (χ3v) is 23.0. The van der Waals surface area contributed by atoms with Crippen LogP contribution in [-0.4, -0.2) is 165 Å². The van der Waals surface area contributed by atoms with E-state index in [1.54, 1.807) is 0 Å². The fourth-order valence-electron chi connectivity index (χ4n) is 14.5.